The van der Waals surface area contributed by atoms with Crippen LogP contribution in [0.3, 0.4) is 0 Å². The molecule has 90 valence electrons. The maximum atomic E-state index is 11.3. The van der Waals surface area contributed by atoms with Gasteiger partial charge >= 0.3 is 0 Å². The largest absolute Gasteiger partial charge is 0.396 e. The van der Waals surface area contributed by atoms with Crippen LogP contribution in [0.15, 0.2) is 6.33 Å². The Morgan fingerprint density at radius 3 is 3.06 bits per heavy atom. The van der Waals surface area contributed by atoms with Crippen molar-refractivity contribution in [3.05, 3.63) is 6.33 Å². The molecule has 1 rings (SSSR count). The number of aliphatic hydroxyl groups excluding tert-OH is 1. The average molecular weight is 245 g/mol. The van der Waals surface area contributed by atoms with E-state index < -0.39 is 0 Å². The van der Waals surface area contributed by atoms with Crippen LogP contribution in [0.2, 0.25) is 0 Å². The summed E-state index contributed by atoms with van der Waals surface area (Å²) in [7, 11) is 0. The summed E-state index contributed by atoms with van der Waals surface area (Å²) in [5.74, 6) is 1.66. The molecule has 0 unspecified atom stereocenters. The van der Waals surface area contributed by atoms with E-state index in [9.17, 15) is 4.79 Å². The number of tetrazole rings is 1. The lowest BCUT2D eigenvalue weighted by Crippen LogP contribution is -2.29. The van der Waals surface area contributed by atoms with Crippen LogP contribution in [0, 0.1) is 0 Å². The molecule has 0 saturated carbocycles. The standard InChI is InChI=1S/C8H15N5O2S/c14-3-1-4-16-5-2-9-8(15)6-13-7-10-11-12-13/h7,14H,1-6H2,(H,9,15). The molecule has 0 fully saturated rings. The number of aromatic nitrogens is 4. The van der Waals surface area contributed by atoms with Crippen molar-refractivity contribution in [3.63, 3.8) is 0 Å². The lowest BCUT2D eigenvalue weighted by molar-refractivity contribution is -0.121. The van der Waals surface area contributed by atoms with E-state index in [2.05, 4.69) is 20.8 Å². The fraction of sp³-hybridized carbons (Fsp3) is 0.750. The number of hydrogen-bond donors (Lipinski definition) is 2. The van der Waals surface area contributed by atoms with Crippen LogP contribution in [0.4, 0.5) is 0 Å². The number of hydrogen-bond acceptors (Lipinski definition) is 6. The zero-order valence-corrected chi connectivity index (χ0v) is 9.69. The predicted molar refractivity (Wildman–Crippen MR) is 59.9 cm³/mol. The summed E-state index contributed by atoms with van der Waals surface area (Å²) >= 11 is 1.71. The topological polar surface area (TPSA) is 92.9 Å². The minimum atomic E-state index is -0.102. The van der Waals surface area contributed by atoms with E-state index in [4.69, 9.17) is 5.11 Å². The molecule has 0 spiro atoms. The Hall–Kier alpha value is -1.15. The lowest BCUT2D eigenvalue weighted by Gasteiger charge is -2.04. The molecular formula is C8H15N5O2S. The molecule has 0 radical (unpaired) electrons. The van der Waals surface area contributed by atoms with Crippen LogP contribution in [-0.4, -0.2) is 55.9 Å². The van der Waals surface area contributed by atoms with E-state index >= 15 is 0 Å². The van der Waals surface area contributed by atoms with Crippen molar-refractivity contribution in [2.24, 2.45) is 0 Å². The molecule has 0 aromatic carbocycles. The number of rotatable bonds is 8. The van der Waals surface area contributed by atoms with Crippen molar-refractivity contribution in [2.45, 2.75) is 13.0 Å². The highest BCUT2D eigenvalue weighted by molar-refractivity contribution is 7.99. The van der Waals surface area contributed by atoms with Gasteiger partial charge in [0.05, 0.1) is 0 Å². The molecule has 1 heterocycles. The zero-order chi connectivity index (χ0) is 11.6. The van der Waals surface area contributed by atoms with E-state index in [1.165, 1.54) is 11.0 Å². The normalized spacial score (nSPS) is 10.3. The Morgan fingerprint density at radius 1 is 1.50 bits per heavy atom. The van der Waals surface area contributed by atoms with Gasteiger partial charge in [0, 0.05) is 18.9 Å². The van der Waals surface area contributed by atoms with Crippen molar-refractivity contribution in [2.75, 3.05) is 24.7 Å². The van der Waals surface area contributed by atoms with Gasteiger partial charge in [0.1, 0.15) is 12.9 Å². The summed E-state index contributed by atoms with van der Waals surface area (Å²) in [5, 5.41) is 21.8. The van der Waals surface area contributed by atoms with Crippen molar-refractivity contribution in [3.8, 4) is 0 Å². The summed E-state index contributed by atoms with van der Waals surface area (Å²) in [6.07, 6.45) is 2.19. The summed E-state index contributed by atoms with van der Waals surface area (Å²) in [4.78, 5) is 11.3. The Bertz CT molecular complexity index is 293. The summed E-state index contributed by atoms with van der Waals surface area (Å²) < 4.78 is 1.37. The van der Waals surface area contributed by atoms with Crippen LogP contribution in [0.5, 0.6) is 0 Å². The van der Waals surface area contributed by atoms with Gasteiger partial charge in [0.25, 0.3) is 0 Å². The molecule has 0 bridgehead atoms. The van der Waals surface area contributed by atoms with Gasteiger partial charge in [-0.2, -0.15) is 11.8 Å². The zero-order valence-electron chi connectivity index (χ0n) is 8.87. The first-order valence-corrected chi connectivity index (χ1v) is 6.14. The fourth-order valence-corrected chi connectivity index (χ4v) is 1.77. The number of nitrogens with zero attached hydrogens (tertiary/aromatic N) is 4. The van der Waals surface area contributed by atoms with Crippen molar-refractivity contribution in [1.82, 2.24) is 25.5 Å². The quantitative estimate of drug-likeness (QED) is 0.565. The second-order valence-electron chi connectivity index (χ2n) is 3.05. The maximum absolute atomic E-state index is 11.3. The fourth-order valence-electron chi connectivity index (χ4n) is 0.987. The molecule has 0 aliphatic rings. The van der Waals surface area contributed by atoms with E-state index in [1.807, 2.05) is 0 Å². The van der Waals surface area contributed by atoms with Crippen molar-refractivity contribution in [1.29, 1.82) is 0 Å². The highest BCUT2D eigenvalue weighted by Gasteiger charge is 2.02. The number of carbonyl (C=O) groups excluding carboxylic acids is 1. The monoisotopic (exact) mass is 245 g/mol. The first kappa shape index (κ1) is 12.9. The third-order valence-corrected chi connectivity index (χ3v) is 2.78. The SMILES string of the molecule is O=C(Cn1cnnn1)NCCSCCCO. The summed E-state index contributed by atoms with van der Waals surface area (Å²) in [6, 6.07) is 0. The second-order valence-corrected chi connectivity index (χ2v) is 4.27. The Balaban J connectivity index is 1.98. The van der Waals surface area contributed by atoms with Crippen LogP contribution in [0.25, 0.3) is 0 Å². The first-order valence-electron chi connectivity index (χ1n) is 4.99. The first-order chi connectivity index (χ1) is 7.83. The molecule has 0 saturated heterocycles. The molecule has 1 aromatic rings. The predicted octanol–water partition coefficient (Wildman–Crippen LogP) is -1.10. The summed E-state index contributed by atoms with van der Waals surface area (Å²) in [5.41, 5.74) is 0. The molecular weight excluding hydrogens is 230 g/mol. The minimum Gasteiger partial charge on any atom is -0.396 e. The summed E-state index contributed by atoms with van der Waals surface area (Å²) in [6.45, 7) is 0.990. The van der Waals surface area contributed by atoms with E-state index in [1.54, 1.807) is 11.8 Å². The average Bonchev–Trinajstić information content (AvgIpc) is 2.76. The Kier molecular flexibility index (Phi) is 6.50. The number of nitrogens with one attached hydrogen (secondary N) is 1. The number of carbonyl (C=O) groups is 1. The van der Waals surface area contributed by atoms with E-state index in [0.717, 1.165) is 17.9 Å². The minimum absolute atomic E-state index is 0.102. The molecule has 0 aliphatic heterocycles. The van der Waals surface area contributed by atoms with Crippen LogP contribution >= 0.6 is 11.8 Å². The number of thioether (sulfide) groups is 1. The Labute approximate surface area is 97.6 Å². The van der Waals surface area contributed by atoms with Crippen LogP contribution < -0.4 is 5.32 Å². The highest BCUT2D eigenvalue weighted by atomic mass is 32.2. The number of amides is 1. The Morgan fingerprint density at radius 2 is 2.38 bits per heavy atom. The van der Waals surface area contributed by atoms with Gasteiger partial charge in [-0.15, -0.1) is 5.10 Å². The van der Waals surface area contributed by atoms with Crippen LogP contribution in [0.1, 0.15) is 6.42 Å². The second kappa shape index (κ2) is 8.05. The van der Waals surface area contributed by atoms with Gasteiger partial charge in [0.15, 0.2) is 0 Å². The third-order valence-electron chi connectivity index (χ3n) is 1.71. The molecule has 7 nitrogen and oxygen atoms in total. The highest BCUT2D eigenvalue weighted by Crippen LogP contribution is 1.99. The van der Waals surface area contributed by atoms with Gasteiger partial charge < -0.3 is 10.4 Å². The smallest absolute Gasteiger partial charge is 0.241 e. The third kappa shape index (κ3) is 5.66. The van der Waals surface area contributed by atoms with Gasteiger partial charge in [-0.05, 0) is 22.6 Å². The molecule has 1 aromatic heterocycles. The molecule has 16 heavy (non-hydrogen) atoms. The molecule has 2 N–H and O–H groups in total. The lowest BCUT2D eigenvalue weighted by atomic mass is 10.5. The van der Waals surface area contributed by atoms with Gasteiger partial charge in [-0.3, -0.25) is 4.79 Å². The number of aliphatic hydroxyl groups is 1. The van der Waals surface area contributed by atoms with E-state index in [0.29, 0.717) is 6.54 Å². The van der Waals surface area contributed by atoms with E-state index in [-0.39, 0.29) is 19.1 Å². The van der Waals surface area contributed by atoms with Gasteiger partial charge in [-0.25, -0.2) is 4.68 Å². The van der Waals surface area contributed by atoms with Gasteiger partial charge in [-0.1, -0.05) is 0 Å². The van der Waals surface area contributed by atoms with Crippen molar-refractivity contribution < 1.29 is 9.90 Å². The van der Waals surface area contributed by atoms with Crippen molar-refractivity contribution >= 4 is 17.7 Å². The molecule has 8 heteroatoms. The maximum Gasteiger partial charge on any atom is 0.241 e. The molecule has 0 atom stereocenters. The molecule has 1 amide bonds. The van der Waals surface area contributed by atoms with Gasteiger partial charge in [0.2, 0.25) is 5.91 Å². The molecule has 0 aliphatic carbocycles. The van der Waals surface area contributed by atoms with Crippen LogP contribution in [-0.2, 0) is 11.3 Å².